The van der Waals surface area contributed by atoms with Crippen molar-refractivity contribution in [1.29, 1.82) is 0 Å². The molecule has 42 valence electrons. The number of hydrogen-bond acceptors (Lipinski definition) is 2. The van der Waals surface area contributed by atoms with E-state index in [-0.39, 0.29) is 25.8 Å². The third kappa shape index (κ3) is 6.11. The van der Waals surface area contributed by atoms with Crippen LogP contribution in [0.1, 0.15) is 13.3 Å². The Kier molecular flexibility index (Phi) is 8.86. The van der Waals surface area contributed by atoms with Gasteiger partial charge in [-0.05, 0) is 0 Å². The van der Waals surface area contributed by atoms with Crippen LogP contribution in [0.5, 0.6) is 0 Å². The van der Waals surface area contributed by atoms with Gasteiger partial charge in [0.05, 0.1) is 7.11 Å². The van der Waals surface area contributed by atoms with Gasteiger partial charge in [0, 0.05) is 6.42 Å². The number of methoxy groups -OCH3 is 1. The summed E-state index contributed by atoms with van der Waals surface area (Å²) in [6.07, 6.45) is 0.469. The van der Waals surface area contributed by atoms with Crippen LogP contribution in [0, 0.1) is 0 Å². The van der Waals surface area contributed by atoms with Gasteiger partial charge in [0.15, 0.2) is 0 Å². The summed E-state index contributed by atoms with van der Waals surface area (Å²) in [7, 11) is 1.38. The van der Waals surface area contributed by atoms with E-state index in [4.69, 9.17) is 0 Å². The molecule has 0 N–H and O–H groups in total. The van der Waals surface area contributed by atoms with Gasteiger partial charge in [-0.3, -0.25) is 4.79 Å². The predicted octanol–water partition coefficient (Wildman–Crippen LogP) is -0.615. The molecule has 0 aromatic carbocycles. The van der Waals surface area contributed by atoms with E-state index in [1.165, 1.54) is 7.11 Å². The molecule has 0 saturated heterocycles. The Labute approximate surface area is 56.3 Å². The Morgan fingerprint density at radius 3 is 2.14 bits per heavy atom. The topological polar surface area (TPSA) is 26.3 Å². The standard InChI is InChI=1S/C4H8O2.Ga.3H/c1-3-4(5)6-2;;;;/h3H2,1-2H3;;;;. The molecule has 7 heavy (non-hydrogen) atoms. The van der Waals surface area contributed by atoms with Crippen LogP contribution >= 0.6 is 0 Å². The average molecular weight is 161 g/mol. The van der Waals surface area contributed by atoms with Crippen LogP contribution in [0.4, 0.5) is 0 Å². The van der Waals surface area contributed by atoms with Crippen LogP contribution in [0.15, 0.2) is 0 Å². The molecule has 0 aromatic heterocycles. The van der Waals surface area contributed by atoms with E-state index in [2.05, 4.69) is 4.74 Å². The van der Waals surface area contributed by atoms with E-state index in [0.29, 0.717) is 6.42 Å². The maximum atomic E-state index is 9.96. The summed E-state index contributed by atoms with van der Waals surface area (Å²) in [5, 5.41) is 0. The first kappa shape index (κ1) is 10.2. The molecule has 2 nitrogen and oxygen atoms in total. The van der Waals surface area contributed by atoms with E-state index in [1.54, 1.807) is 6.92 Å². The predicted molar refractivity (Wildman–Crippen MR) is 32.2 cm³/mol. The molecule has 0 heterocycles. The minimum atomic E-state index is -0.157. The summed E-state index contributed by atoms with van der Waals surface area (Å²) >= 11 is 0. The van der Waals surface area contributed by atoms with Gasteiger partial charge in [0.1, 0.15) is 0 Å². The van der Waals surface area contributed by atoms with Gasteiger partial charge < -0.3 is 4.74 Å². The zero-order valence-electron chi connectivity index (χ0n) is 4.02. The maximum absolute atomic E-state index is 9.96. The van der Waals surface area contributed by atoms with E-state index in [0.717, 1.165) is 0 Å². The quantitative estimate of drug-likeness (QED) is 0.378. The molecule has 3 heteroatoms. The van der Waals surface area contributed by atoms with Crippen molar-refractivity contribution in [1.82, 2.24) is 0 Å². The SMILES string of the molecule is CCC(=O)OC.[GaH3]. The number of rotatable bonds is 1. The molecule has 0 unspecified atom stereocenters. The summed E-state index contributed by atoms with van der Waals surface area (Å²) in [5.41, 5.74) is 0. The van der Waals surface area contributed by atoms with Crippen LogP contribution in [-0.4, -0.2) is 32.9 Å². The van der Waals surface area contributed by atoms with Crippen molar-refractivity contribution in [3.8, 4) is 0 Å². The fourth-order valence-corrected chi connectivity index (χ4v) is 0.144. The molecule has 0 spiro atoms. The van der Waals surface area contributed by atoms with Crippen molar-refractivity contribution in [2.75, 3.05) is 7.11 Å². The Morgan fingerprint density at radius 1 is 1.71 bits per heavy atom. The zero-order chi connectivity index (χ0) is 4.99. The average Bonchev–Trinajstić information content (AvgIpc) is 1.65. The van der Waals surface area contributed by atoms with E-state index in [1.807, 2.05) is 0 Å². The van der Waals surface area contributed by atoms with E-state index < -0.39 is 0 Å². The first-order valence-corrected chi connectivity index (χ1v) is 1.88. The molecule has 0 saturated carbocycles. The molecule has 0 aliphatic heterocycles. The summed E-state index contributed by atoms with van der Waals surface area (Å²) in [6, 6.07) is 0. The Bertz CT molecular complexity index is 47.7. The third-order valence-electron chi connectivity index (χ3n) is 0.516. The Morgan fingerprint density at radius 2 is 2.14 bits per heavy atom. The molecular formula is C4H11GaO2. The minimum absolute atomic E-state index is 0. The first-order valence-electron chi connectivity index (χ1n) is 1.88. The van der Waals surface area contributed by atoms with Gasteiger partial charge in [0.2, 0.25) is 0 Å². The van der Waals surface area contributed by atoms with Crippen LogP contribution in [0.25, 0.3) is 0 Å². The number of carbonyl (C=O) groups is 1. The van der Waals surface area contributed by atoms with Crippen molar-refractivity contribution in [2.45, 2.75) is 13.3 Å². The molecule has 0 atom stereocenters. The molecule has 0 amide bonds. The van der Waals surface area contributed by atoms with Crippen molar-refractivity contribution < 1.29 is 9.53 Å². The molecule has 0 rings (SSSR count). The molecule has 0 aliphatic rings. The van der Waals surface area contributed by atoms with Crippen LogP contribution in [-0.2, 0) is 9.53 Å². The van der Waals surface area contributed by atoms with Gasteiger partial charge >= 0.3 is 25.8 Å². The molecule has 0 fully saturated rings. The fraction of sp³-hybridized carbons (Fsp3) is 0.750. The summed E-state index contributed by atoms with van der Waals surface area (Å²) in [5.74, 6) is -0.157. The van der Waals surface area contributed by atoms with Gasteiger partial charge in [-0.1, -0.05) is 6.92 Å². The molecule has 0 aliphatic carbocycles. The number of hydrogen-bond donors (Lipinski definition) is 0. The fourth-order valence-electron chi connectivity index (χ4n) is 0.144. The Balaban J connectivity index is 0. The van der Waals surface area contributed by atoms with Crippen molar-refractivity contribution >= 4 is 25.8 Å². The van der Waals surface area contributed by atoms with Crippen molar-refractivity contribution in [3.63, 3.8) is 0 Å². The first-order chi connectivity index (χ1) is 2.81. The summed E-state index contributed by atoms with van der Waals surface area (Å²) in [6.45, 7) is 1.76. The molecule has 0 radical (unpaired) electrons. The van der Waals surface area contributed by atoms with Crippen LogP contribution < -0.4 is 0 Å². The van der Waals surface area contributed by atoms with Crippen molar-refractivity contribution in [3.05, 3.63) is 0 Å². The van der Waals surface area contributed by atoms with Crippen molar-refractivity contribution in [2.24, 2.45) is 0 Å². The van der Waals surface area contributed by atoms with Gasteiger partial charge in [-0.2, -0.15) is 0 Å². The Hall–Kier alpha value is 0.106. The second-order valence-corrected chi connectivity index (χ2v) is 0.930. The third-order valence-corrected chi connectivity index (χ3v) is 0.516. The molecule has 0 bridgehead atoms. The number of esters is 1. The van der Waals surface area contributed by atoms with Crippen LogP contribution in [0.2, 0.25) is 0 Å². The summed E-state index contributed by atoms with van der Waals surface area (Å²) < 4.78 is 4.26. The van der Waals surface area contributed by atoms with E-state index in [9.17, 15) is 4.79 Å². The van der Waals surface area contributed by atoms with Gasteiger partial charge in [-0.15, -0.1) is 0 Å². The van der Waals surface area contributed by atoms with Gasteiger partial charge in [-0.25, -0.2) is 0 Å². The second kappa shape index (κ2) is 6.11. The number of carbonyl (C=O) groups excluding carboxylic acids is 1. The van der Waals surface area contributed by atoms with Gasteiger partial charge in [0.25, 0.3) is 0 Å². The normalized spacial score (nSPS) is 6.57. The monoisotopic (exact) mass is 160 g/mol. The van der Waals surface area contributed by atoms with E-state index >= 15 is 0 Å². The second-order valence-electron chi connectivity index (χ2n) is 0.930. The molecular weight excluding hydrogens is 150 g/mol. The molecule has 0 aromatic rings. The number of ether oxygens (including phenoxy) is 1. The summed E-state index contributed by atoms with van der Waals surface area (Å²) in [4.78, 5) is 9.96. The zero-order valence-corrected chi connectivity index (χ0v) is 4.02. The van der Waals surface area contributed by atoms with Crippen LogP contribution in [0.3, 0.4) is 0 Å².